The number of hydrogen-bond acceptors (Lipinski definition) is 3. The second-order valence-electron chi connectivity index (χ2n) is 5.11. The molecular weight excluding hydrogens is 240 g/mol. The van der Waals surface area contributed by atoms with Crippen LogP contribution < -0.4 is 0 Å². The van der Waals surface area contributed by atoms with E-state index in [0.29, 0.717) is 5.92 Å². The highest BCUT2D eigenvalue weighted by Gasteiger charge is 2.09. The van der Waals surface area contributed by atoms with Crippen LogP contribution >= 0.6 is 0 Å². The minimum Gasteiger partial charge on any atom is -0.455 e. The summed E-state index contributed by atoms with van der Waals surface area (Å²) in [7, 11) is 0. The lowest BCUT2D eigenvalue weighted by atomic mass is 9.90. The molecule has 3 heteroatoms. The van der Waals surface area contributed by atoms with Crippen LogP contribution in [0.1, 0.15) is 40.0 Å². The van der Waals surface area contributed by atoms with Crippen molar-refractivity contribution < 1.29 is 14.3 Å². The molecule has 0 aromatic heterocycles. The predicted octanol–water partition coefficient (Wildman–Crippen LogP) is 3.37. The van der Waals surface area contributed by atoms with Gasteiger partial charge >= 0.3 is 5.97 Å². The summed E-state index contributed by atoms with van der Waals surface area (Å²) in [6.07, 6.45) is 11.4. The number of carbonyl (C=O) groups excluding carboxylic acids is 2. The molecule has 1 aliphatic carbocycles. The van der Waals surface area contributed by atoms with E-state index in [0.717, 1.165) is 12.8 Å². The summed E-state index contributed by atoms with van der Waals surface area (Å²) in [5.41, 5.74) is 1.20. The Labute approximate surface area is 115 Å². The van der Waals surface area contributed by atoms with Gasteiger partial charge in [0.1, 0.15) is 6.10 Å². The lowest BCUT2D eigenvalue weighted by molar-refractivity contribution is -0.140. The summed E-state index contributed by atoms with van der Waals surface area (Å²) in [6.45, 7) is 5.41. The molecule has 1 rings (SSSR count). The first-order valence-corrected chi connectivity index (χ1v) is 6.74. The van der Waals surface area contributed by atoms with Crippen molar-refractivity contribution in [2.75, 3.05) is 0 Å². The molecule has 0 fully saturated rings. The first-order valence-electron chi connectivity index (χ1n) is 6.74. The van der Waals surface area contributed by atoms with E-state index in [-0.39, 0.29) is 17.9 Å². The Kier molecular flexibility index (Phi) is 6.26. The normalized spacial score (nSPS) is 21.4. The average Bonchev–Trinajstić information content (AvgIpc) is 2.34. The van der Waals surface area contributed by atoms with Gasteiger partial charge in [0.15, 0.2) is 5.78 Å². The Balaban J connectivity index is 2.42. The maximum atomic E-state index is 11.6. The Hall–Kier alpha value is -1.64. The van der Waals surface area contributed by atoms with Crippen LogP contribution in [0, 0.1) is 5.92 Å². The Morgan fingerprint density at radius 1 is 1.42 bits per heavy atom. The van der Waals surface area contributed by atoms with Crippen LogP contribution in [0.15, 0.2) is 36.0 Å². The molecule has 0 saturated carbocycles. The second-order valence-corrected chi connectivity index (χ2v) is 5.11. The highest BCUT2D eigenvalue weighted by Crippen LogP contribution is 2.23. The van der Waals surface area contributed by atoms with E-state index in [2.05, 4.69) is 13.0 Å². The van der Waals surface area contributed by atoms with Gasteiger partial charge in [0.2, 0.25) is 0 Å². The van der Waals surface area contributed by atoms with Gasteiger partial charge in [0.25, 0.3) is 0 Å². The standard InChI is InChI=1S/C16H22O3/c1-12-5-4-6-15(11-12)9-10-16(18)19-14(3)8-7-13(2)17/h6-10,12,14H,4-5,11H2,1-3H3/b8-7-,10-9+/t12?,14-/m1/s1. The average molecular weight is 262 g/mol. The highest BCUT2D eigenvalue weighted by atomic mass is 16.5. The van der Waals surface area contributed by atoms with Crippen LogP contribution in [0.5, 0.6) is 0 Å². The predicted molar refractivity (Wildman–Crippen MR) is 75.6 cm³/mol. The van der Waals surface area contributed by atoms with Crippen LogP contribution in [0.25, 0.3) is 0 Å². The minimum absolute atomic E-state index is 0.0558. The fourth-order valence-electron chi connectivity index (χ4n) is 1.98. The third kappa shape index (κ3) is 6.75. The van der Waals surface area contributed by atoms with Gasteiger partial charge in [-0.1, -0.05) is 24.6 Å². The van der Waals surface area contributed by atoms with E-state index in [1.807, 2.05) is 6.08 Å². The van der Waals surface area contributed by atoms with Crippen molar-refractivity contribution in [2.45, 2.75) is 46.1 Å². The number of rotatable bonds is 5. The van der Waals surface area contributed by atoms with E-state index in [1.54, 1.807) is 13.0 Å². The van der Waals surface area contributed by atoms with E-state index in [1.165, 1.54) is 31.1 Å². The molecule has 2 atom stereocenters. The molecule has 0 N–H and O–H groups in total. The van der Waals surface area contributed by atoms with Gasteiger partial charge in [0, 0.05) is 6.08 Å². The molecule has 0 aliphatic heterocycles. The minimum atomic E-state index is -0.389. The Morgan fingerprint density at radius 3 is 2.79 bits per heavy atom. The summed E-state index contributed by atoms with van der Waals surface area (Å²) in [5.74, 6) is 0.248. The Morgan fingerprint density at radius 2 is 2.16 bits per heavy atom. The maximum Gasteiger partial charge on any atom is 0.331 e. The Bertz CT molecular complexity index is 416. The summed E-state index contributed by atoms with van der Waals surface area (Å²) < 4.78 is 5.13. The SMILES string of the molecule is CC(=O)/C=C\[C@@H](C)OC(=O)/C=C/C1=CCCC(C)C1. The monoisotopic (exact) mass is 262 g/mol. The van der Waals surface area contributed by atoms with Gasteiger partial charge in [-0.3, -0.25) is 4.79 Å². The smallest absolute Gasteiger partial charge is 0.331 e. The van der Waals surface area contributed by atoms with Crippen molar-refractivity contribution >= 4 is 11.8 Å². The molecule has 3 nitrogen and oxygen atoms in total. The quantitative estimate of drug-likeness (QED) is 0.563. The molecule has 1 aliphatic rings. The van der Waals surface area contributed by atoms with Crippen molar-refractivity contribution in [3.05, 3.63) is 36.0 Å². The van der Waals surface area contributed by atoms with Crippen molar-refractivity contribution in [3.8, 4) is 0 Å². The van der Waals surface area contributed by atoms with Gasteiger partial charge in [-0.05, 0) is 51.2 Å². The lowest BCUT2D eigenvalue weighted by Gasteiger charge is -2.16. The second kappa shape index (κ2) is 7.72. The first kappa shape index (κ1) is 15.4. The van der Waals surface area contributed by atoms with Crippen molar-refractivity contribution in [3.63, 3.8) is 0 Å². The van der Waals surface area contributed by atoms with Gasteiger partial charge in [0.05, 0.1) is 0 Å². The third-order valence-corrected chi connectivity index (χ3v) is 2.99. The fourth-order valence-corrected chi connectivity index (χ4v) is 1.98. The number of esters is 1. The molecule has 0 aromatic rings. The lowest BCUT2D eigenvalue weighted by Crippen LogP contribution is -2.10. The molecular formula is C16H22O3. The van der Waals surface area contributed by atoms with E-state index in [9.17, 15) is 9.59 Å². The van der Waals surface area contributed by atoms with E-state index < -0.39 is 0 Å². The zero-order chi connectivity index (χ0) is 14.3. The molecule has 0 spiro atoms. The molecule has 0 aromatic carbocycles. The van der Waals surface area contributed by atoms with Crippen LogP contribution in [-0.2, 0) is 14.3 Å². The van der Waals surface area contributed by atoms with Crippen LogP contribution in [0.3, 0.4) is 0 Å². The third-order valence-electron chi connectivity index (χ3n) is 2.99. The molecule has 0 amide bonds. The topological polar surface area (TPSA) is 43.4 Å². The fraction of sp³-hybridized carbons (Fsp3) is 0.500. The molecule has 1 unspecified atom stereocenters. The van der Waals surface area contributed by atoms with Crippen LogP contribution in [-0.4, -0.2) is 17.9 Å². The summed E-state index contributed by atoms with van der Waals surface area (Å²) in [5, 5.41) is 0. The number of allylic oxidation sites excluding steroid dienone is 4. The maximum absolute atomic E-state index is 11.6. The van der Waals surface area contributed by atoms with E-state index in [4.69, 9.17) is 4.74 Å². The molecule has 0 saturated heterocycles. The number of hydrogen-bond donors (Lipinski definition) is 0. The van der Waals surface area contributed by atoms with Gasteiger partial charge in [-0.2, -0.15) is 0 Å². The molecule has 0 bridgehead atoms. The molecule has 19 heavy (non-hydrogen) atoms. The molecule has 104 valence electrons. The van der Waals surface area contributed by atoms with Crippen molar-refractivity contribution in [2.24, 2.45) is 5.92 Å². The zero-order valence-electron chi connectivity index (χ0n) is 11.9. The first-order chi connectivity index (χ1) is 8.97. The van der Waals surface area contributed by atoms with E-state index >= 15 is 0 Å². The van der Waals surface area contributed by atoms with Gasteiger partial charge in [-0.25, -0.2) is 4.79 Å². The number of carbonyl (C=O) groups is 2. The summed E-state index contributed by atoms with van der Waals surface area (Å²) in [6, 6.07) is 0. The van der Waals surface area contributed by atoms with Crippen LogP contribution in [0.2, 0.25) is 0 Å². The van der Waals surface area contributed by atoms with Gasteiger partial charge < -0.3 is 4.74 Å². The van der Waals surface area contributed by atoms with Crippen LogP contribution in [0.4, 0.5) is 0 Å². The number of ether oxygens (including phenoxy) is 1. The molecule has 0 radical (unpaired) electrons. The summed E-state index contributed by atoms with van der Waals surface area (Å²) in [4.78, 5) is 22.3. The van der Waals surface area contributed by atoms with Gasteiger partial charge in [-0.15, -0.1) is 0 Å². The number of ketones is 1. The van der Waals surface area contributed by atoms with Crippen molar-refractivity contribution in [1.82, 2.24) is 0 Å². The zero-order valence-corrected chi connectivity index (χ0v) is 11.9. The summed E-state index contributed by atoms with van der Waals surface area (Å²) >= 11 is 0. The van der Waals surface area contributed by atoms with Crippen molar-refractivity contribution in [1.29, 1.82) is 0 Å². The molecule has 0 heterocycles. The largest absolute Gasteiger partial charge is 0.455 e. The highest BCUT2D eigenvalue weighted by molar-refractivity contribution is 5.87.